The fourth-order valence-electron chi connectivity index (χ4n) is 1.59. The van der Waals surface area contributed by atoms with Crippen molar-refractivity contribution in [1.29, 1.82) is 5.26 Å². The van der Waals surface area contributed by atoms with Crippen molar-refractivity contribution in [3.8, 4) is 22.9 Å². The summed E-state index contributed by atoms with van der Waals surface area (Å²) in [6.07, 6.45) is 0. The van der Waals surface area contributed by atoms with Crippen LogP contribution in [-0.2, 0) is 0 Å². The topological polar surface area (TPSA) is 33.0 Å². The van der Waals surface area contributed by atoms with Crippen LogP contribution in [0.25, 0.3) is 11.1 Å². The summed E-state index contributed by atoms with van der Waals surface area (Å²) in [7, 11) is 1.63. The van der Waals surface area contributed by atoms with Gasteiger partial charge in [-0.2, -0.15) is 5.26 Å². The third kappa shape index (κ3) is 2.41. The number of hydrogen-bond acceptors (Lipinski definition) is 2. The second kappa shape index (κ2) is 4.90. The van der Waals surface area contributed by atoms with Gasteiger partial charge in [0.25, 0.3) is 0 Å². The molecule has 2 aromatic rings. The van der Waals surface area contributed by atoms with Crippen LogP contribution in [0.1, 0.15) is 5.56 Å². The molecule has 0 aliphatic rings. The van der Waals surface area contributed by atoms with Gasteiger partial charge in [-0.05, 0) is 29.8 Å². The van der Waals surface area contributed by atoms with Crippen LogP contribution in [0.5, 0.6) is 5.75 Å². The lowest BCUT2D eigenvalue weighted by molar-refractivity contribution is 0.415. The molecule has 0 radical (unpaired) electrons. The highest BCUT2D eigenvalue weighted by molar-refractivity contribution is 6.33. The molecule has 0 amide bonds. The molecule has 0 spiro atoms. The smallest absolute Gasteiger partial charge is 0.118 e. The van der Waals surface area contributed by atoms with Crippen LogP contribution in [0, 0.1) is 11.3 Å². The van der Waals surface area contributed by atoms with Crippen molar-refractivity contribution >= 4 is 11.6 Å². The van der Waals surface area contributed by atoms with Gasteiger partial charge in [0.2, 0.25) is 0 Å². The van der Waals surface area contributed by atoms with Crippen molar-refractivity contribution in [1.82, 2.24) is 0 Å². The van der Waals surface area contributed by atoms with E-state index in [9.17, 15) is 0 Å². The van der Waals surface area contributed by atoms with Gasteiger partial charge in [-0.3, -0.25) is 0 Å². The molecule has 2 nitrogen and oxygen atoms in total. The predicted molar refractivity (Wildman–Crippen MR) is 68.2 cm³/mol. The maximum atomic E-state index is 8.77. The Hall–Kier alpha value is -1.98. The number of halogens is 1. The van der Waals surface area contributed by atoms with E-state index in [1.807, 2.05) is 30.3 Å². The highest BCUT2D eigenvalue weighted by atomic mass is 35.5. The first kappa shape index (κ1) is 11.5. The van der Waals surface area contributed by atoms with Crippen molar-refractivity contribution in [2.45, 2.75) is 0 Å². The molecule has 2 aromatic carbocycles. The number of ether oxygens (including phenoxy) is 1. The summed E-state index contributed by atoms with van der Waals surface area (Å²) in [5.74, 6) is 0.804. The number of benzene rings is 2. The fraction of sp³-hybridized carbons (Fsp3) is 0.0714. The highest BCUT2D eigenvalue weighted by Crippen LogP contribution is 2.29. The maximum absolute atomic E-state index is 8.77. The Labute approximate surface area is 105 Å². The van der Waals surface area contributed by atoms with E-state index in [1.165, 1.54) is 0 Å². The van der Waals surface area contributed by atoms with Gasteiger partial charge in [-0.25, -0.2) is 0 Å². The van der Waals surface area contributed by atoms with Crippen LogP contribution in [0.2, 0.25) is 5.02 Å². The van der Waals surface area contributed by atoms with Gasteiger partial charge in [0, 0.05) is 10.6 Å². The van der Waals surface area contributed by atoms with Crippen molar-refractivity contribution in [2.24, 2.45) is 0 Å². The van der Waals surface area contributed by atoms with Crippen LogP contribution in [0.4, 0.5) is 0 Å². The standard InChI is InChI=1S/C14H10ClNO/c1-17-12-5-3-11(4-6-12)13-7-2-10(9-16)8-14(13)15/h2-8H,1H3. The number of methoxy groups -OCH3 is 1. The summed E-state index contributed by atoms with van der Waals surface area (Å²) in [5.41, 5.74) is 2.47. The van der Waals surface area contributed by atoms with Crippen molar-refractivity contribution in [3.05, 3.63) is 53.1 Å². The number of nitrogens with zero attached hydrogens (tertiary/aromatic N) is 1. The molecule has 3 heteroatoms. The fourth-order valence-corrected chi connectivity index (χ4v) is 1.88. The molecule has 0 unspecified atom stereocenters. The number of rotatable bonds is 2. The molecule has 0 saturated carbocycles. The molecule has 17 heavy (non-hydrogen) atoms. The monoisotopic (exact) mass is 243 g/mol. The minimum Gasteiger partial charge on any atom is -0.497 e. The molecule has 84 valence electrons. The van der Waals surface area contributed by atoms with Crippen LogP contribution < -0.4 is 4.74 Å². The normalized spacial score (nSPS) is 9.71. The SMILES string of the molecule is COc1ccc(-c2ccc(C#N)cc2Cl)cc1. The third-order valence-corrected chi connectivity index (χ3v) is 2.81. The molecule has 0 bridgehead atoms. The molecule has 0 saturated heterocycles. The Balaban J connectivity index is 2.42. The lowest BCUT2D eigenvalue weighted by atomic mass is 10.0. The first-order chi connectivity index (χ1) is 8.24. The van der Waals surface area contributed by atoms with Gasteiger partial charge in [0.1, 0.15) is 5.75 Å². The largest absolute Gasteiger partial charge is 0.497 e. The van der Waals surface area contributed by atoms with E-state index in [0.29, 0.717) is 10.6 Å². The molecular weight excluding hydrogens is 234 g/mol. The zero-order valence-corrected chi connectivity index (χ0v) is 10.0. The van der Waals surface area contributed by atoms with Gasteiger partial charge in [-0.15, -0.1) is 0 Å². The van der Waals surface area contributed by atoms with E-state index in [0.717, 1.165) is 16.9 Å². The van der Waals surface area contributed by atoms with Gasteiger partial charge in [0.15, 0.2) is 0 Å². The van der Waals surface area contributed by atoms with E-state index in [1.54, 1.807) is 19.2 Å². The van der Waals surface area contributed by atoms with E-state index in [-0.39, 0.29) is 0 Å². The average molecular weight is 244 g/mol. The molecular formula is C14H10ClNO. The minimum absolute atomic E-state index is 0.562. The Bertz CT molecular complexity index is 570. The van der Waals surface area contributed by atoms with Crippen molar-refractivity contribution in [3.63, 3.8) is 0 Å². The minimum atomic E-state index is 0.562. The summed E-state index contributed by atoms with van der Waals surface area (Å²) in [6.45, 7) is 0. The van der Waals surface area contributed by atoms with Crippen LogP contribution in [0.15, 0.2) is 42.5 Å². The van der Waals surface area contributed by atoms with Gasteiger partial charge in [-0.1, -0.05) is 29.8 Å². The zero-order chi connectivity index (χ0) is 12.3. The molecule has 0 heterocycles. The summed E-state index contributed by atoms with van der Waals surface area (Å²) in [4.78, 5) is 0. The summed E-state index contributed by atoms with van der Waals surface area (Å²) in [5, 5.41) is 9.34. The van der Waals surface area contributed by atoms with Crippen LogP contribution in [0.3, 0.4) is 0 Å². The molecule has 0 aliphatic carbocycles. The van der Waals surface area contributed by atoms with E-state index >= 15 is 0 Å². The molecule has 0 fully saturated rings. The van der Waals surface area contributed by atoms with Gasteiger partial charge < -0.3 is 4.74 Å². The van der Waals surface area contributed by atoms with E-state index in [4.69, 9.17) is 21.6 Å². The molecule has 0 aliphatic heterocycles. The lowest BCUT2D eigenvalue weighted by Gasteiger charge is -2.06. The molecule has 2 rings (SSSR count). The first-order valence-electron chi connectivity index (χ1n) is 5.08. The second-order valence-electron chi connectivity index (χ2n) is 3.53. The molecule has 0 aromatic heterocycles. The van der Waals surface area contributed by atoms with E-state index in [2.05, 4.69) is 6.07 Å². The molecule has 0 atom stereocenters. The maximum Gasteiger partial charge on any atom is 0.118 e. The van der Waals surface area contributed by atoms with Crippen LogP contribution in [-0.4, -0.2) is 7.11 Å². The van der Waals surface area contributed by atoms with Gasteiger partial charge in [0.05, 0.1) is 18.7 Å². The summed E-state index contributed by atoms with van der Waals surface area (Å²) >= 11 is 6.13. The lowest BCUT2D eigenvalue weighted by Crippen LogP contribution is -1.84. The Morgan fingerprint density at radius 3 is 2.35 bits per heavy atom. The van der Waals surface area contributed by atoms with Crippen molar-refractivity contribution < 1.29 is 4.74 Å². The summed E-state index contributed by atoms with van der Waals surface area (Å²) in [6, 6.07) is 15.0. The molecule has 0 N–H and O–H groups in total. The van der Waals surface area contributed by atoms with Crippen molar-refractivity contribution in [2.75, 3.05) is 7.11 Å². The first-order valence-corrected chi connectivity index (χ1v) is 5.46. The quantitative estimate of drug-likeness (QED) is 0.802. The Morgan fingerprint density at radius 1 is 1.12 bits per heavy atom. The number of hydrogen-bond donors (Lipinski definition) is 0. The Morgan fingerprint density at radius 2 is 1.82 bits per heavy atom. The average Bonchev–Trinajstić information content (AvgIpc) is 2.39. The van der Waals surface area contributed by atoms with Gasteiger partial charge >= 0.3 is 0 Å². The predicted octanol–water partition coefficient (Wildman–Crippen LogP) is 3.89. The third-order valence-electron chi connectivity index (χ3n) is 2.50. The van der Waals surface area contributed by atoms with Crippen LogP contribution >= 0.6 is 11.6 Å². The summed E-state index contributed by atoms with van der Waals surface area (Å²) < 4.78 is 5.10. The zero-order valence-electron chi connectivity index (χ0n) is 9.27. The second-order valence-corrected chi connectivity index (χ2v) is 3.94. The number of nitriles is 1. The van der Waals surface area contributed by atoms with E-state index < -0.39 is 0 Å². The highest BCUT2D eigenvalue weighted by Gasteiger charge is 2.04. The Kier molecular flexibility index (Phi) is 3.32.